The summed E-state index contributed by atoms with van der Waals surface area (Å²) in [4.78, 5) is 20.2. The molecule has 2 aliphatic carbocycles. The number of rotatable bonds is 10. The maximum Gasteiger partial charge on any atom is 0.109 e. The number of terminal acetylenes is 4. The molecule has 0 spiro atoms. The van der Waals surface area contributed by atoms with Gasteiger partial charge in [0.25, 0.3) is 0 Å². The Hall–Kier alpha value is -16.3. The molecule has 120 heavy (non-hydrogen) atoms. The highest BCUT2D eigenvalue weighted by atomic mass is 14.8. The van der Waals surface area contributed by atoms with Gasteiger partial charge in [0, 0.05) is 47.0 Å². The van der Waals surface area contributed by atoms with Gasteiger partial charge in [-0.3, -0.25) is 19.9 Å². The van der Waals surface area contributed by atoms with Crippen molar-refractivity contribution in [3.05, 3.63) is 502 Å². The van der Waals surface area contributed by atoms with Gasteiger partial charge in [-0.15, -0.1) is 49.4 Å². The van der Waals surface area contributed by atoms with E-state index in [0.717, 1.165) is 89.5 Å². The molecule has 2 aliphatic rings. The minimum absolute atomic E-state index is 0.682. The molecule has 0 bridgehead atoms. The minimum Gasteiger partial charge on any atom is -0.254 e. The van der Waals surface area contributed by atoms with Gasteiger partial charge in [0.1, 0.15) is 21.7 Å². The van der Waals surface area contributed by atoms with Gasteiger partial charge < -0.3 is 0 Å². The zero-order valence-electron chi connectivity index (χ0n) is 67.4. The van der Waals surface area contributed by atoms with E-state index in [0.29, 0.717) is 0 Å². The molecule has 0 N–H and O–H groups in total. The number of benzene rings is 12. The molecule has 4 nitrogen and oxygen atoms in total. The second-order valence-corrected chi connectivity index (χ2v) is 28.0. The average Bonchev–Trinajstić information content (AvgIpc) is 1.54. The molecule has 18 rings (SSSR count). The molecule has 16 aromatic rings. The maximum absolute atomic E-state index is 5.07. The van der Waals surface area contributed by atoms with Gasteiger partial charge in [0.05, 0.1) is 22.8 Å². The molecular formula is C116H84N4. The molecule has 0 radical (unpaired) electrons. The lowest BCUT2D eigenvalue weighted by Gasteiger charge is -2.31. The van der Waals surface area contributed by atoms with Gasteiger partial charge in [0.15, 0.2) is 0 Å². The quantitative estimate of drug-likeness (QED) is 0.128. The van der Waals surface area contributed by atoms with E-state index >= 15 is 0 Å². The van der Waals surface area contributed by atoms with E-state index < -0.39 is 21.7 Å². The average molecular weight is 1530 g/mol. The van der Waals surface area contributed by atoms with E-state index in [1.807, 2.05) is 146 Å². The standard InChI is InChI=1S/C52H32N2.C52H36N2.4C3H4/c1-3-15-37(16-4-1)31-33-51(45-23-11-7-19-41(45)42-20-8-12-24-46(42)51)39-27-29-49(53-35-39)50-30-28-40(36-54-50)52(34-32-38-17-5-2-6-18-38)47-25-13-9-21-43(47)44-22-10-14-26-48(44)52;1-7-19-41(20-8-1)35-37-51(43-23-11-3-12-24-43,44-25-13-4-14-26-44)47-31-33-49(53-39-47)50-34-32-48(40-54-50)52(45-27-15-5-16-28-45,46-29-17-6-18-30-46)38-36-42-21-9-2-10-22-42;4*1-3-2/h1-30,35-36H;1-34,39-40H;4*1H,2H3. The Morgan fingerprint density at radius 2 is 0.425 bits per heavy atom. The van der Waals surface area contributed by atoms with Gasteiger partial charge in [-0.05, 0) is 190 Å². The van der Waals surface area contributed by atoms with E-state index in [-0.39, 0.29) is 0 Å². The van der Waals surface area contributed by atoms with Crippen molar-refractivity contribution in [1.82, 2.24) is 19.9 Å². The SMILES string of the molecule is C#CC.C#CC.C#CC.C#CC.C(#CC(c1ccccc1)(c1ccccc1)c1ccc(-c2ccc(C(C#Cc3ccccc3)(c3ccccc3)c3ccccc3)cn2)nc1)c1ccccc1.C(#CC1(c2ccc(-c3ccc(C4(C#Cc5ccccc5)c5ccccc5-c5ccccc54)cn3)nc2)c2ccccc2-c2ccccc21)c1ccccc1. The van der Waals surface area contributed by atoms with E-state index in [9.17, 15) is 0 Å². The van der Waals surface area contributed by atoms with Crippen LogP contribution in [0.4, 0.5) is 0 Å². The summed E-state index contributed by atoms with van der Waals surface area (Å²) in [6.07, 6.45) is 26.3. The normalized spacial score (nSPS) is 11.3. The van der Waals surface area contributed by atoms with Crippen LogP contribution in [0.2, 0.25) is 0 Å². The predicted octanol–water partition coefficient (Wildman–Crippen LogP) is 24.4. The highest BCUT2D eigenvalue weighted by Crippen LogP contribution is 2.54. The lowest BCUT2D eigenvalue weighted by atomic mass is 9.70. The first-order chi connectivity index (χ1) is 59.2. The lowest BCUT2D eigenvalue weighted by Crippen LogP contribution is -2.28. The third kappa shape index (κ3) is 17.4. The van der Waals surface area contributed by atoms with Crippen molar-refractivity contribution in [1.29, 1.82) is 0 Å². The van der Waals surface area contributed by atoms with Crippen LogP contribution in [0.25, 0.3) is 45.0 Å². The van der Waals surface area contributed by atoms with E-state index in [4.69, 9.17) is 19.9 Å². The highest BCUT2D eigenvalue weighted by molar-refractivity contribution is 5.88. The fourth-order valence-electron chi connectivity index (χ4n) is 15.5. The Morgan fingerprint density at radius 3 is 0.650 bits per heavy atom. The first-order valence-electron chi connectivity index (χ1n) is 39.5. The first kappa shape index (κ1) is 81.7. The number of hydrogen-bond acceptors (Lipinski definition) is 4. The topological polar surface area (TPSA) is 51.6 Å². The van der Waals surface area contributed by atoms with Crippen molar-refractivity contribution in [2.24, 2.45) is 0 Å². The fourth-order valence-corrected chi connectivity index (χ4v) is 15.5. The molecule has 0 saturated heterocycles. The summed E-state index contributed by atoms with van der Waals surface area (Å²) in [7, 11) is 0. The Labute approximate surface area is 708 Å². The number of fused-ring (bicyclic) bond motifs is 6. The number of nitrogens with zero attached hydrogens (tertiary/aromatic N) is 4. The van der Waals surface area contributed by atoms with Crippen molar-refractivity contribution in [2.45, 2.75) is 49.4 Å². The second-order valence-electron chi connectivity index (χ2n) is 28.0. The smallest absolute Gasteiger partial charge is 0.109 e. The van der Waals surface area contributed by atoms with Gasteiger partial charge in [-0.1, -0.05) is 363 Å². The largest absolute Gasteiger partial charge is 0.254 e. The van der Waals surface area contributed by atoms with Crippen LogP contribution in [0, 0.1) is 96.7 Å². The van der Waals surface area contributed by atoms with E-state index in [2.05, 4.69) is 364 Å². The third-order valence-electron chi connectivity index (χ3n) is 20.7. The van der Waals surface area contributed by atoms with Crippen LogP contribution in [0.1, 0.15) is 117 Å². The predicted molar refractivity (Wildman–Crippen MR) is 495 cm³/mol. The minimum atomic E-state index is -0.760. The van der Waals surface area contributed by atoms with Crippen LogP contribution >= 0.6 is 0 Å². The summed E-state index contributed by atoms with van der Waals surface area (Å²) >= 11 is 0. The molecule has 4 aromatic heterocycles. The van der Waals surface area contributed by atoms with E-state index in [1.54, 1.807) is 27.7 Å². The molecule has 4 heteroatoms. The maximum atomic E-state index is 5.07. The molecule has 0 unspecified atom stereocenters. The number of hydrogen-bond donors (Lipinski definition) is 0. The van der Waals surface area contributed by atoms with Gasteiger partial charge in [0.2, 0.25) is 0 Å². The summed E-state index contributed by atoms with van der Waals surface area (Å²) in [6, 6.07) is 134. The number of aromatic nitrogens is 4. The van der Waals surface area contributed by atoms with Crippen molar-refractivity contribution < 1.29 is 0 Å². The number of pyridine rings is 4. The molecule has 4 heterocycles. The van der Waals surface area contributed by atoms with Gasteiger partial charge in [-0.25, -0.2) is 0 Å². The Morgan fingerprint density at radius 1 is 0.217 bits per heavy atom. The summed E-state index contributed by atoms with van der Waals surface area (Å²) < 4.78 is 0. The van der Waals surface area contributed by atoms with E-state index in [1.165, 1.54) is 44.5 Å². The zero-order valence-corrected chi connectivity index (χ0v) is 67.4. The molecule has 12 aromatic carbocycles. The fraction of sp³-hybridized carbons (Fsp3) is 0.0690. The van der Waals surface area contributed by atoms with Crippen LogP contribution in [-0.2, 0) is 21.7 Å². The van der Waals surface area contributed by atoms with Crippen LogP contribution in [0.15, 0.2) is 413 Å². The van der Waals surface area contributed by atoms with Crippen molar-refractivity contribution in [2.75, 3.05) is 0 Å². The molecular weight excluding hydrogens is 1450 g/mol. The van der Waals surface area contributed by atoms with Crippen molar-refractivity contribution in [3.8, 4) is 142 Å². The molecule has 0 aliphatic heterocycles. The molecule has 0 amide bonds. The Bertz CT molecular complexity index is 5770. The molecule has 0 atom stereocenters. The molecule has 568 valence electrons. The van der Waals surface area contributed by atoms with Gasteiger partial charge >= 0.3 is 0 Å². The summed E-state index contributed by atoms with van der Waals surface area (Å²) in [6.45, 7) is 6.61. The van der Waals surface area contributed by atoms with Crippen LogP contribution in [-0.4, -0.2) is 19.9 Å². The van der Waals surface area contributed by atoms with Crippen molar-refractivity contribution >= 4 is 0 Å². The van der Waals surface area contributed by atoms with Crippen LogP contribution in [0.3, 0.4) is 0 Å². The zero-order chi connectivity index (χ0) is 83.3. The first-order valence-corrected chi connectivity index (χ1v) is 39.5. The Balaban J connectivity index is 0.000000184. The summed E-state index contributed by atoms with van der Waals surface area (Å²) in [5.41, 5.74) is 22.0. The summed E-state index contributed by atoms with van der Waals surface area (Å²) in [5.74, 6) is 38.0. The Kier molecular flexibility index (Phi) is 27.0. The second kappa shape index (κ2) is 39.7. The highest BCUT2D eigenvalue weighted by Gasteiger charge is 2.46. The summed E-state index contributed by atoms with van der Waals surface area (Å²) in [5, 5.41) is 0. The van der Waals surface area contributed by atoms with Gasteiger partial charge in [-0.2, -0.15) is 0 Å². The van der Waals surface area contributed by atoms with Crippen LogP contribution in [0.5, 0.6) is 0 Å². The lowest BCUT2D eigenvalue weighted by molar-refractivity contribution is 0.800. The third-order valence-corrected chi connectivity index (χ3v) is 20.7. The monoisotopic (exact) mass is 1530 g/mol. The van der Waals surface area contributed by atoms with Crippen LogP contribution < -0.4 is 0 Å². The molecule has 0 fully saturated rings. The molecule has 0 saturated carbocycles. The van der Waals surface area contributed by atoms with Crippen molar-refractivity contribution in [3.63, 3.8) is 0 Å².